The summed E-state index contributed by atoms with van der Waals surface area (Å²) in [6, 6.07) is 7.44. The topological polar surface area (TPSA) is 76.1 Å². The number of nitrogens with zero attached hydrogens (tertiary/aromatic N) is 1. The average Bonchev–Trinajstić information content (AvgIpc) is 2.52. The third-order valence-electron chi connectivity index (χ3n) is 4.13. The number of hydrogen-bond acceptors (Lipinski definition) is 4. The first-order chi connectivity index (χ1) is 11.2. The number of carbonyl (C=O) groups excluding carboxylic acids is 1. The smallest absolute Gasteiger partial charge is 0.410 e. The minimum absolute atomic E-state index is 0.132. The summed E-state index contributed by atoms with van der Waals surface area (Å²) in [6.07, 6.45) is 0.129. The fourth-order valence-electron chi connectivity index (χ4n) is 2.94. The number of likely N-dealkylation sites (tertiary alicyclic amines) is 1. The van der Waals surface area contributed by atoms with Crippen LogP contribution < -0.4 is 4.74 Å². The van der Waals surface area contributed by atoms with Gasteiger partial charge in [-0.25, -0.2) is 4.79 Å². The molecule has 24 heavy (non-hydrogen) atoms. The lowest BCUT2D eigenvalue weighted by Crippen LogP contribution is -2.47. The average molecular weight is 335 g/mol. The molecule has 0 aromatic heterocycles. The van der Waals surface area contributed by atoms with Crippen molar-refractivity contribution in [1.29, 1.82) is 0 Å². The van der Waals surface area contributed by atoms with E-state index in [1.165, 1.54) is 4.90 Å². The van der Waals surface area contributed by atoms with Crippen molar-refractivity contribution in [2.45, 2.75) is 38.7 Å². The van der Waals surface area contributed by atoms with E-state index in [4.69, 9.17) is 9.47 Å². The number of ether oxygens (including phenoxy) is 2. The molecule has 0 unspecified atom stereocenters. The number of piperidine rings is 1. The maximum atomic E-state index is 12.2. The molecule has 1 saturated heterocycles. The summed E-state index contributed by atoms with van der Waals surface area (Å²) < 4.78 is 10.5. The molecular weight excluding hydrogens is 310 g/mol. The molecule has 2 rings (SSSR count). The van der Waals surface area contributed by atoms with Crippen LogP contribution in [-0.2, 0) is 9.53 Å². The van der Waals surface area contributed by atoms with E-state index in [0.717, 1.165) is 11.3 Å². The summed E-state index contributed by atoms with van der Waals surface area (Å²) in [6.45, 7) is 6.02. The Hall–Kier alpha value is -2.24. The van der Waals surface area contributed by atoms with Crippen LogP contribution in [0.1, 0.15) is 38.7 Å². The molecule has 0 bridgehead atoms. The van der Waals surface area contributed by atoms with Gasteiger partial charge in [-0.3, -0.25) is 4.79 Å². The lowest BCUT2D eigenvalue weighted by Gasteiger charge is -2.37. The zero-order chi connectivity index (χ0) is 17.9. The number of carboxylic acid groups (broad SMARTS) is 1. The quantitative estimate of drug-likeness (QED) is 0.918. The predicted molar refractivity (Wildman–Crippen MR) is 89.3 cm³/mol. The molecule has 1 aromatic carbocycles. The Morgan fingerprint density at radius 3 is 2.33 bits per heavy atom. The van der Waals surface area contributed by atoms with Crippen LogP contribution in [0.5, 0.6) is 5.75 Å². The number of carboxylic acids is 1. The van der Waals surface area contributed by atoms with Crippen LogP contribution in [0.25, 0.3) is 0 Å². The van der Waals surface area contributed by atoms with Crippen molar-refractivity contribution in [2.75, 3.05) is 20.2 Å². The molecular formula is C18H25NO5. The molecule has 0 radical (unpaired) electrons. The molecule has 1 aliphatic rings. The molecule has 1 amide bonds. The van der Waals surface area contributed by atoms with Gasteiger partial charge >= 0.3 is 12.1 Å². The van der Waals surface area contributed by atoms with Gasteiger partial charge < -0.3 is 19.5 Å². The molecule has 1 N–H and O–H groups in total. The Labute approximate surface area is 142 Å². The summed E-state index contributed by atoms with van der Waals surface area (Å²) >= 11 is 0. The van der Waals surface area contributed by atoms with Gasteiger partial charge in [-0.15, -0.1) is 0 Å². The Kier molecular flexibility index (Phi) is 5.36. The summed E-state index contributed by atoms with van der Waals surface area (Å²) in [4.78, 5) is 25.4. The summed E-state index contributed by atoms with van der Waals surface area (Å²) in [7, 11) is 1.59. The number of benzene rings is 1. The van der Waals surface area contributed by atoms with Crippen molar-refractivity contribution in [1.82, 2.24) is 4.90 Å². The molecule has 6 heteroatoms. The van der Waals surface area contributed by atoms with Gasteiger partial charge in [-0.05, 0) is 44.9 Å². The predicted octanol–water partition coefficient (Wildman–Crippen LogP) is 3.12. The van der Waals surface area contributed by atoms with E-state index >= 15 is 0 Å². The Morgan fingerprint density at radius 1 is 1.21 bits per heavy atom. The Morgan fingerprint density at radius 2 is 1.83 bits per heavy atom. The van der Waals surface area contributed by atoms with Crippen LogP contribution in [0, 0.1) is 5.92 Å². The largest absolute Gasteiger partial charge is 0.497 e. The van der Waals surface area contributed by atoms with E-state index in [0.29, 0.717) is 13.0 Å². The molecule has 1 heterocycles. The highest BCUT2D eigenvalue weighted by atomic mass is 16.6. The van der Waals surface area contributed by atoms with Crippen LogP contribution in [0.4, 0.5) is 4.79 Å². The van der Waals surface area contributed by atoms with Gasteiger partial charge in [0.25, 0.3) is 0 Å². The summed E-state index contributed by atoms with van der Waals surface area (Å²) in [5.41, 5.74) is 0.356. The SMILES string of the molecule is COc1ccc([C@@H]2CCN(C(=O)OC(C)(C)C)C[C@@H]2C(=O)O)cc1. The van der Waals surface area contributed by atoms with E-state index in [9.17, 15) is 14.7 Å². The van der Waals surface area contributed by atoms with E-state index in [1.54, 1.807) is 27.9 Å². The van der Waals surface area contributed by atoms with Crippen molar-refractivity contribution in [3.63, 3.8) is 0 Å². The highest BCUT2D eigenvalue weighted by molar-refractivity contribution is 5.74. The van der Waals surface area contributed by atoms with Crippen LogP contribution in [0.15, 0.2) is 24.3 Å². The molecule has 132 valence electrons. The van der Waals surface area contributed by atoms with Gasteiger partial charge in [0, 0.05) is 19.0 Å². The highest BCUT2D eigenvalue weighted by Gasteiger charge is 2.38. The van der Waals surface area contributed by atoms with Gasteiger partial charge in [-0.2, -0.15) is 0 Å². The van der Waals surface area contributed by atoms with Crippen molar-refractivity contribution in [3.8, 4) is 5.75 Å². The zero-order valence-electron chi connectivity index (χ0n) is 14.6. The first-order valence-corrected chi connectivity index (χ1v) is 8.06. The Bertz CT molecular complexity index is 590. The van der Waals surface area contributed by atoms with E-state index < -0.39 is 23.6 Å². The number of carbonyl (C=O) groups is 2. The number of amides is 1. The minimum atomic E-state index is -0.899. The molecule has 1 fully saturated rings. The minimum Gasteiger partial charge on any atom is -0.497 e. The molecule has 0 spiro atoms. The third-order valence-corrected chi connectivity index (χ3v) is 4.13. The zero-order valence-corrected chi connectivity index (χ0v) is 14.6. The number of rotatable bonds is 3. The van der Waals surface area contributed by atoms with Gasteiger partial charge in [0.15, 0.2) is 0 Å². The second kappa shape index (κ2) is 7.11. The first kappa shape index (κ1) is 18.1. The molecule has 0 aliphatic carbocycles. The second-order valence-corrected chi connectivity index (χ2v) is 7.04. The fraction of sp³-hybridized carbons (Fsp3) is 0.556. The van der Waals surface area contributed by atoms with E-state index in [1.807, 2.05) is 24.3 Å². The second-order valence-electron chi connectivity index (χ2n) is 7.04. The van der Waals surface area contributed by atoms with Crippen LogP contribution in [-0.4, -0.2) is 47.9 Å². The molecule has 1 aromatic rings. The van der Waals surface area contributed by atoms with Gasteiger partial charge in [0.1, 0.15) is 11.4 Å². The fourth-order valence-corrected chi connectivity index (χ4v) is 2.94. The van der Waals surface area contributed by atoms with Crippen molar-refractivity contribution in [2.24, 2.45) is 5.92 Å². The van der Waals surface area contributed by atoms with Crippen LogP contribution in [0.2, 0.25) is 0 Å². The highest BCUT2D eigenvalue weighted by Crippen LogP contribution is 2.34. The number of methoxy groups -OCH3 is 1. The van der Waals surface area contributed by atoms with Crippen molar-refractivity contribution >= 4 is 12.1 Å². The first-order valence-electron chi connectivity index (χ1n) is 8.06. The number of hydrogen-bond donors (Lipinski definition) is 1. The van der Waals surface area contributed by atoms with Crippen LogP contribution >= 0.6 is 0 Å². The third kappa shape index (κ3) is 4.40. The van der Waals surface area contributed by atoms with Gasteiger partial charge in [0.05, 0.1) is 13.0 Å². The number of aliphatic carboxylic acids is 1. The lowest BCUT2D eigenvalue weighted by molar-refractivity contribution is -0.144. The normalized spacial score (nSPS) is 21.2. The van der Waals surface area contributed by atoms with E-state index in [-0.39, 0.29) is 12.5 Å². The maximum Gasteiger partial charge on any atom is 0.410 e. The molecule has 6 nitrogen and oxygen atoms in total. The maximum absolute atomic E-state index is 12.2. The Balaban J connectivity index is 2.13. The monoisotopic (exact) mass is 335 g/mol. The van der Waals surface area contributed by atoms with Crippen LogP contribution in [0.3, 0.4) is 0 Å². The van der Waals surface area contributed by atoms with Crippen molar-refractivity contribution in [3.05, 3.63) is 29.8 Å². The molecule has 1 aliphatic heterocycles. The van der Waals surface area contributed by atoms with E-state index in [2.05, 4.69) is 0 Å². The van der Waals surface area contributed by atoms with Crippen molar-refractivity contribution < 1.29 is 24.2 Å². The van der Waals surface area contributed by atoms with Gasteiger partial charge in [-0.1, -0.05) is 12.1 Å². The standard InChI is InChI=1S/C18H25NO5/c1-18(2,3)24-17(22)19-10-9-14(15(11-19)16(20)21)12-5-7-13(23-4)8-6-12/h5-8,14-15H,9-11H2,1-4H3,(H,20,21)/t14-,15-/m0/s1. The summed E-state index contributed by atoms with van der Waals surface area (Å²) in [5, 5.41) is 9.60. The molecule has 0 saturated carbocycles. The summed E-state index contributed by atoms with van der Waals surface area (Å²) in [5.74, 6) is -0.951. The molecule has 2 atom stereocenters. The van der Waals surface area contributed by atoms with Gasteiger partial charge in [0.2, 0.25) is 0 Å². The lowest BCUT2D eigenvalue weighted by atomic mass is 9.80.